The Morgan fingerprint density at radius 2 is 1.38 bits per heavy atom. The van der Waals surface area contributed by atoms with E-state index in [0.717, 1.165) is 5.69 Å². The Bertz CT molecular complexity index is 1330. The maximum atomic E-state index is 4.79. The Hall–Kier alpha value is -2.97. The van der Waals surface area contributed by atoms with Crippen molar-refractivity contribution in [1.29, 1.82) is 0 Å². The third kappa shape index (κ3) is 2.24. The second-order valence-electron chi connectivity index (χ2n) is 8.48. The number of hydrogen-bond donors (Lipinski definition) is 0. The van der Waals surface area contributed by atoms with E-state index in [1.165, 1.54) is 31.3 Å². The first-order valence-electron chi connectivity index (χ1n) is 10.3. The van der Waals surface area contributed by atoms with Crippen LogP contribution in [0.5, 0.6) is 0 Å². The summed E-state index contributed by atoms with van der Waals surface area (Å²) in [6.07, 6.45) is 16.3. The summed E-state index contributed by atoms with van der Waals surface area (Å²) in [4.78, 5) is 4.79. The Kier molecular flexibility index (Phi) is 3.04. The van der Waals surface area contributed by atoms with Gasteiger partial charge < -0.3 is 0 Å². The van der Waals surface area contributed by atoms with Crippen LogP contribution >= 0.6 is 11.3 Å². The molecule has 0 radical (unpaired) electrons. The molecule has 1 nitrogen and oxygen atoms in total. The van der Waals surface area contributed by atoms with Crippen molar-refractivity contribution in [2.75, 3.05) is 0 Å². The summed E-state index contributed by atoms with van der Waals surface area (Å²) in [6, 6.07) is 19.9. The van der Waals surface area contributed by atoms with E-state index in [1.807, 2.05) is 17.5 Å². The van der Waals surface area contributed by atoms with Gasteiger partial charge in [-0.1, -0.05) is 66.8 Å². The van der Waals surface area contributed by atoms with E-state index in [-0.39, 0.29) is 5.41 Å². The molecule has 4 aromatic rings. The number of pyridine rings is 1. The van der Waals surface area contributed by atoms with E-state index in [9.17, 15) is 0 Å². The molecule has 0 saturated heterocycles. The van der Waals surface area contributed by atoms with Crippen LogP contribution in [0.2, 0.25) is 0 Å². The minimum atomic E-state index is -0.198. The molecule has 0 spiro atoms. The molecule has 0 amide bonds. The van der Waals surface area contributed by atoms with Crippen molar-refractivity contribution in [2.24, 2.45) is 17.8 Å². The van der Waals surface area contributed by atoms with Crippen LogP contribution in [0.1, 0.15) is 5.69 Å². The maximum Gasteiger partial charge on any atom is 0.0666 e. The Morgan fingerprint density at radius 1 is 0.690 bits per heavy atom. The van der Waals surface area contributed by atoms with Crippen LogP contribution in [0.3, 0.4) is 0 Å². The SMILES string of the molecule is C1=CC2(c3cc(-c4ccc5c(c4)sc4ccccc45)ccn3)C=CC3C1C3C=C2. The number of benzene rings is 2. The predicted octanol–water partition coefficient (Wildman–Crippen LogP) is 6.91. The van der Waals surface area contributed by atoms with Crippen molar-refractivity contribution < 1.29 is 0 Å². The zero-order valence-electron chi connectivity index (χ0n) is 15.8. The van der Waals surface area contributed by atoms with Gasteiger partial charge in [0, 0.05) is 26.4 Å². The minimum Gasteiger partial charge on any atom is -0.260 e. The van der Waals surface area contributed by atoms with Gasteiger partial charge in [0.2, 0.25) is 0 Å². The van der Waals surface area contributed by atoms with E-state index in [0.29, 0.717) is 17.8 Å². The van der Waals surface area contributed by atoms with Crippen molar-refractivity contribution in [1.82, 2.24) is 4.98 Å². The third-order valence-corrected chi connectivity index (χ3v) is 8.02. The molecule has 2 aromatic heterocycles. The highest BCUT2D eigenvalue weighted by Gasteiger charge is 2.49. The molecule has 2 heterocycles. The lowest BCUT2D eigenvalue weighted by atomic mass is 9.82. The van der Waals surface area contributed by atoms with E-state index >= 15 is 0 Å². The van der Waals surface area contributed by atoms with Crippen LogP contribution in [-0.4, -0.2) is 4.98 Å². The number of aromatic nitrogens is 1. The van der Waals surface area contributed by atoms with Gasteiger partial charge in [-0.3, -0.25) is 4.98 Å². The quantitative estimate of drug-likeness (QED) is 0.339. The largest absolute Gasteiger partial charge is 0.260 e. The second-order valence-corrected chi connectivity index (χ2v) is 9.57. The van der Waals surface area contributed by atoms with E-state index in [4.69, 9.17) is 4.98 Å². The fourth-order valence-electron chi connectivity index (χ4n) is 5.14. The highest BCUT2D eigenvalue weighted by molar-refractivity contribution is 7.25. The lowest BCUT2D eigenvalue weighted by Crippen LogP contribution is -2.18. The van der Waals surface area contributed by atoms with Crippen LogP contribution < -0.4 is 0 Å². The summed E-state index contributed by atoms with van der Waals surface area (Å²) in [5, 5.41) is 2.69. The molecule has 1 fully saturated rings. The Balaban J connectivity index is 1.36. The Labute approximate surface area is 173 Å². The Morgan fingerprint density at radius 3 is 2.17 bits per heavy atom. The normalized spacial score (nSPS) is 28.8. The summed E-state index contributed by atoms with van der Waals surface area (Å²) in [5.74, 6) is 2.10. The molecule has 0 unspecified atom stereocenters. The summed E-state index contributed by atoms with van der Waals surface area (Å²) in [7, 11) is 0. The first kappa shape index (κ1) is 15.9. The number of thiophene rings is 1. The zero-order chi connectivity index (χ0) is 19.0. The van der Waals surface area contributed by atoms with Crippen LogP contribution in [0, 0.1) is 17.8 Å². The number of fused-ring (bicyclic) bond motifs is 3. The monoisotopic (exact) mass is 389 g/mol. The fourth-order valence-corrected chi connectivity index (χ4v) is 6.29. The average Bonchev–Trinajstić information content (AvgIpc) is 3.45. The molecule has 0 aliphatic heterocycles. The molecule has 2 aromatic carbocycles. The molecule has 0 N–H and O–H groups in total. The van der Waals surface area contributed by atoms with Crippen molar-refractivity contribution in [3.63, 3.8) is 0 Å². The van der Waals surface area contributed by atoms with Crippen LogP contribution in [-0.2, 0) is 5.41 Å². The van der Waals surface area contributed by atoms with Gasteiger partial charge in [-0.25, -0.2) is 0 Å². The molecule has 138 valence electrons. The van der Waals surface area contributed by atoms with Crippen molar-refractivity contribution >= 4 is 31.5 Å². The summed E-state index contributed by atoms with van der Waals surface area (Å²) in [5.41, 5.74) is 3.40. The summed E-state index contributed by atoms with van der Waals surface area (Å²) >= 11 is 1.87. The fraction of sp³-hybridized carbons (Fsp3) is 0.148. The molecular formula is C27H19NS. The smallest absolute Gasteiger partial charge is 0.0666 e. The molecule has 2 heteroatoms. The lowest BCUT2D eigenvalue weighted by Gasteiger charge is -2.22. The highest BCUT2D eigenvalue weighted by atomic mass is 32.1. The van der Waals surface area contributed by atoms with Gasteiger partial charge in [0.1, 0.15) is 0 Å². The van der Waals surface area contributed by atoms with Gasteiger partial charge in [0.15, 0.2) is 0 Å². The number of nitrogens with zero attached hydrogens (tertiary/aromatic N) is 1. The molecule has 4 aliphatic rings. The zero-order valence-corrected chi connectivity index (χ0v) is 16.6. The van der Waals surface area contributed by atoms with Gasteiger partial charge in [0.05, 0.1) is 11.1 Å². The number of hydrogen-bond acceptors (Lipinski definition) is 2. The number of allylic oxidation sites excluding steroid dienone is 6. The maximum absolute atomic E-state index is 4.79. The van der Waals surface area contributed by atoms with Gasteiger partial charge in [-0.15, -0.1) is 11.3 Å². The standard InChI is InChI=1S/C27H19NS/c1-2-4-24-22(3-1)23-6-5-17(15-25(23)29-24)18-10-14-28-26(16-18)27-11-7-19-20(8-12-27)21(19)9-13-27/h1-16,19-21H. The third-order valence-electron chi connectivity index (χ3n) is 6.89. The topological polar surface area (TPSA) is 12.9 Å². The highest BCUT2D eigenvalue weighted by Crippen LogP contribution is 2.55. The van der Waals surface area contributed by atoms with E-state index < -0.39 is 0 Å². The van der Waals surface area contributed by atoms with Crippen molar-refractivity contribution in [3.05, 3.63) is 103 Å². The van der Waals surface area contributed by atoms with Gasteiger partial charge in [0.25, 0.3) is 0 Å². The molecule has 4 bridgehead atoms. The number of rotatable bonds is 2. The van der Waals surface area contributed by atoms with Gasteiger partial charge in [-0.2, -0.15) is 0 Å². The van der Waals surface area contributed by atoms with Crippen LogP contribution in [0.15, 0.2) is 97.3 Å². The first-order valence-corrected chi connectivity index (χ1v) is 11.1. The van der Waals surface area contributed by atoms with Crippen molar-refractivity contribution in [3.8, 4) is 11.1 Å². The van der Waals surface area contributed by atoms with Gasteiger partial charge in [-0.05, 0) is 53.1 Å². The van der Waals surface area contributed by atoms with Crippen LogP contribution in [0.4, 0.5) is 0 Å². The van der Waals surface area contributed by atoms with E-state index in [1.54, 1.807) is 0 Å². The molecule has 8 rings (SSSR count). The predicted molar refractivity (Wildman–Crippen MR) is 122 cm³/mol. The lowest BCUT2D eigenvalue weighted by molar-refractivity contribution is 0.812. The van der Waals surface area contributed by atoms with Crippen molar-refractivity contribution in [2.45, 2.75) is 5.41 Å². The summed E-state index contributed by atoms with van der Waals surface area (Å²) in [6.45, 7) is 0. The van der Waals surface area contributed by atoms with E-state index in [2.05, 4.69) is 91.1 Å². The molecule has 1 saturated carbocycles. The average molecular weight is 390 g/mol. The molecule has 0 atom stereocenters. The molecule has 4 aliphatic carbocycles. The van der Waals surface area contributed by atoms with Gasteiger partial charge >= 0.3 is 0 Å². The molecular weight excluding hydrogens is 370 g/mol. The van der Waals surface area contributed by atoms with Crippen LogP contribution in [0.25, 0.3) is 31.3 Å². The first-order chi connectivity index (χ1) is 14.3. The second kappa shape index (κ2) is 5.55. The minimum absolute atomic E-state index is 0.198. The summed E-state index contributed by atoms with van der Waals surface area (Å²) < 4.78 is 2.69. The molecule has 29 heavy (non-hydrogen) atoms.